The molecule has 17 heavy (non-hydrogen) atoms. The Bertz CT molecular complexity index is 223. The van der Waals surface area contributed by atoms with Crippen molar-refractivity contribution in [1.82, 2.24) is 10.2 Å². The highest BCUT2D eigenvalue weighted by atomic mass is 15.2. The average Bonchev–Trinajstić information content (AvgIpc) is 3.10. The van der Waals surface area contributed by atoms with Gasteiger partial charge in [-0.05, 0) is 43.6 Å². The Labute approximate surface area is 107 Å². The zero-order valence-electron chi connectivity index (χ0n) is 11.9. The van der Waals surface area contributed by atoms with E-state index >= 15 is 0 Å². The van der Waals surface area contributed by atoms with Crippen LogP contribution in [0.3, 0.4) is 0 Å². The van der Waals surface area contributed by atoms with Gasteiger partial charge in [-0.1, -0.05) is 27.2 Å². The standard InChI is InChI=1S/C15H30N2/c1-4-13-7-15(16-8-12(2)3)11-17(9-13)10-14-5-6-14/h12-16H,4-11H2,1-3H3. The highest BCUT2D eigenvalue weighted by Crippen LogP contribution is 2.31. The van der Waals surface area contributed by atoms with E-state index < -0.39 is 0 Å². The first-order valence-electron chi connectivity index (χ1n) is 7.63. The number of rotatable bonds is 6. The van der Waals surface area contributed by atoms with Crippen LogP contribution in [0.4, 0.5) is 0 Å². The summed E-state index contributed by atoms with van der Waals surface area (Å²) in [6.07, 6.45) is 5.71. The summed E-state index contributed by atoms with van der Waals surface area (Å²) in [6, 6.07) is 0.745. The second kappa shape index (κ2) is 6.19. The third-order valence-electron chi connectivity index (χ3n) is 4.22. The van der Waals surface area contributed by atoms with Gasteiger partial charge in [-0.25, -0.2) is 0 Å². The van der Waals surface area contributed by atoms with Crippen LogP contribution in [-0.2, 0) is 0 Å². The molecule has 0 spiro atoms. The summed E-state index contributed by atoms with van der Waals surface area (Å²) in [7, 11) is 0. The zero-order chi connectivity index (χ0) is 12.3. The second-order valence-electron chi connectivity index (χ2n) is 6.67. The van der Waals surface area contributed by atoms with E-state index in [0.717, 1.165) is 23.8 Å². The van der Waals surface area contributed by atoms with Crippen LogP contribution < -0.4 is 5.32 Å². The van der Waals surface area contributed by atoms with Gasteiger partial charge in [0.25, 0.3) is 0 Å². The van der Waals surface area contributed by atoms with Crippen molar-refractivity contribution in [3.63, 3.8) is 0 Å². The zero-order valence-corrected chi connectivity index (χ0v) is 11.9. The van der Waals surface area contributed by atoms with Gasteiger partial charge in [-0.15, -0.1) is 0 Å². The van der Waals surface area contributed by atoms with Crippen molar-refractivity contribution in [2.24, 2.45) is 17.8 Å². The van der Waals surface area contributed by atoms with E-state index in [4.69, 9.17) is 0 Å². The van der Waals surface area contributed by atoms with Gasteiger partial charge >= 0.3 is 0 Å². The number of likely N-dealkylation sites (tertiary alicyclic amines) is 1. The van der Waals surface area contributed by atoms with Gasteiger partial charge in [0, 0.05) is 25.7 Å². The minimum Gasteiger partial charge on any atom is -0.312 e. The first-order valence-corrected chi connectivity index (χ1v) is 7.63. The van der Waals surface area contributed by atoms with Crippen molar-refractivity contribution in [2.45, 2.75) is 52.5 Å². The molecule has 0 aromatic carbocycles. The van der Waals surface area contributed by atoms with Crippen LogP contribution in [0.15, 0.2) is 0 Å². The molecule has 1 heterocycles. The average molecular weight is 238 g/mol. The highest BCUT2D eigenvalue weighted by molar-refractivity contribution is 4.86. The SMILES string of the molecule is CCC1CC(NCC(C)C)CN(CC2CC2)C1. The van der Waals surface area contributed by atoms with Gasteiger partial charge < -0.3 is 10.2 Å². The fourth-order valence-electron chi connectivity index (χ4n) is 2.96. The molecule has 2 aliphatic rings. The van der Waals surface area contributed by atoms with Gasteiger partial charge in [0.2, 0.25) is 0 Å². The maximum atomic E-state index is 3.77. The van der Waals surface area contributed by atoms with E-state index in [1.54, 1.807) is 0 Å². The van der Waals surface area contributed by atoms with Crippen LogP contribution in [0.2, 0.25) is 0 Å². The van der Waals surface area contributed by atoms with Crippen LogP contribution in [0.25, 0.3) is 0 Å². The lowest BCUT2D eigenvalue weighted by molar-refractivity contribution is 0.132. The van der Waals surface area contributed by atoms with Gasteiger partial charge in [-0.2, -0.15) is 0 Å². The molecule has 2 heteroatoms. The molecule has 1 saturated heterocycles. The minimum atomic E-state index is 0.745. The van der Waals surface area contributed by atoms with Crippen molar-refractivity contribution >= 4 is 0 Å². The molecule has 0 aromatic heterocycles. The smallest absolute Gasteiger partial charge is 0.0198 e. The predicted molar refractivity (Wildman–Crippen MR) is 74.2 cm³/mol. The Morgan fingerprint density at radius 3 is 2.53 bits per heavy atom. The Morgan fingerprint density at radius 1 is 1.18 bits per heavy atom. The van der Waals surface area contributed by atoms with Gasteiger partial charge in [0.1, 0.15) is 0 Å². The van der Waals surface area contributed by atoms with Gasteiger partial charge in [0.15, 0.2) is 0 Å². The molecular formula is C15H30N2. The second-order valence-corrected chi connectivity index (χ2v) is 6.67. The maximum absolute atomic E-state index is 3.77. The summed E-state index contributed by atoms with van der Waals surface area (Å²) in [5.74, 6) is 2.73. The van der Waals surface area contributed by atoms with Crippen LogP contribution in [0, 0.1) is 17.8 Å². The van der Waals surface area contributed by atoms with E-state index in [2.05, 4.69) is 31.0 Å². The number of hydrogen-bond donors (Lipinski definition) is 1. The van der Waals surface area contributed by atoms with Crippen molar-refractivity contribution in [1.29, 1.82) is 0 Å². The molecule has 0 amide bonds. The van der Waals surface area contributed by atoms with E-state index in [9.17, 15) is 0 Å². The minimum absolute atomic E-state index is 0.745. The molecule has 2 rings (SSSR count). The molecule has 0 aromatic rings. The maximum Gasteiger partial charge on any atom is 0.0198 e. The number of piperidine rings is 1. The highest BCUT2D eigenvalue weighted by Gasteiger charge is 2.30. The molecule has 0 radical (unpaired) electrons. The van der Waals surface area contributed by atoms with Gasteiger partial charge in [-0.3, -0.25) is 0 Å². The van der Waals surface area contributed by atoms with Crippen LogP contribution in [-0.4, -0.2) is 37.1 Å². The van der Waals surface area contributed by atoms with E-state index in [1.165, 1.54) is 51.9 Å². The van der Waals surface area contributed by atoms with Crippen molar-refractivity contribution in [3.05, 3.63) is 0 Å². The summed E-state index contributed by atoms with van der Waals surface area (Å²) >= 11 is 0. The largest absolute Gasteiger partial charge is 0.312 e. The molecule has 2 unspecified atom stereocenters. The van der Waals surface area contributed by atoms with Crippen molar-refractivity contribution in [3.8, 4) is 0 Å². The lowest BCUT2D eigenvalue weighted by Gasteiger charge is -2.38. The summed E-state index contributed by atoms with van der Waals surface area (Å²) in [5, 5.41) is 3.77. The predicted octanol–water partition coefficient (Wildman–Crippen LogP) is 2.74. The van der Waals surface area contributed by atoms with Crippen LogP contribution in [0.1, 0.15) is 46.5 Å². The number of hydrogen-bond acceptors (Lipinski definition) is 2. The van der Waals surface area contributed by atoms with Crippen LogP contribution in [0.5, 0.6) is 0 Å². The molecule has 1 aliphatic carbocycles. The Hall–Kier alpha value is -0.0800. The van der Waals surface area contributed by atoms with E-state index in [-0.39, 0.29) is 0 Å². The third-order valence-corrected chi connectivity index (χ3v) is 4.22. The van der Waals surface area contributed by atoms with Gasteiger partial charge in [0.05, 0.1) is 0 Å². The lowest BCUT2D eigenvalue weighted by atomic mass is 9.91. The summed E-state index contributed by atoms with van der Waals surface area (Å²) in [6.45, 7) is 12.1. The Balaban J connectivity index is 1.78. The molecule has 1 N–H and O–H groups in total. The molecule has 1 aliphatic heterocycles. The first kappa shape index (κ1) is 13.4. The Morgan fingerprint density at radius 2 is 1.94 bits per heavy atom. The molecule has 2 fully saturated rings. The normalized spacial score (nSPS) is 31.1. The molecule has 1 saturated carbocycles. The fraction of sp³-hybridized carbons (Fsp3) is 1.00. The first-order chi connectivity index (χ1) is 8.17. The van der Waals surface area contributed by atoms with Crippen molar-refractivity contribution in [2.75, 3.05) is 26.2 Å². The van der Waals surface area contributed by atoms with E-state index in [0.29, 0.717) is 0 Å². The summed E-state index contributed by atoms with van der Waals surface area (Å²) in [4.78, 5) is 2.73. The molecule has 2 nitrogen and oxygen atoms in total. The number of nitrogens with zero attached hydrogens (tertiary/aromatic N) is 1. The molecular weight excluding hydrogens is 208 g/mol. The Kier molecular flexibility index (Phi) is 4.87. The summed E-state index contributed by atoms with van der Waals surface area (Å²) in [5.41, 5.74) is 0. The fourth-order valence-corrected chi connectivity index (χ4v) is 2.96. The molecule has 100 valence electrons. The third kappa shape index (κ3) is 4.59. The quantitative estimate of drug-likeness (QED) is 0.765. The molecule has 2 atom stereocenters. The monoisotopic (exact) mass is 238 g/mol. The van der Waals surface area contributed by atoms with E-state index in [1.807, 2.05) is 0 Å². The number of nitrogens with one attached hydrogen (secondary N) is 1. The summed E-state index contributed by atoms with van der Waals surface area (Å²) < 4.78 is 0. The topological polar surface area (TPSA) is 15.3 Å². The van der Waals surface area contributed by atoms with Crippen LogP contribution >= 0.6 is 0 Å². The van der Waals surface area contributed by atoms with Crippen molar-refractivity contribution < 1.29 is 0 Å². The molecule has 0 bridgehead atoms. The lowest BCUT2D eigenvalue weighted by Crippen LogP contribution is -2.50.